The summed E-state index contributed by atoms with van der Waals surface area (Å²) in [4.78, 5) is 10.00. The zero-order valence-electron chi connectivity index (χ0n) is 15.3. The minimum atomic E-state index is -3.69. The number of hydrogen-bond donors (Lipinski definition) is 2. The molecule has 1 aromatic heterocycles. The van der Waals surface area contributed by atoms with Crippen LogP contribution in [0, 0.1) is 0 Å². The smallest absolute Gasteiger partial charge is 0.241 e. The lowest BCUT2D eigenvalue weighted by Crippen LogP contribution is -2.32. The quantitative estimate of drug-likeness (QED) is 0.754. The highest BCUT2D eigenvalue weighted by molar-refractivity contribution is 7.89. The summed E-state index contributed by atoms with van der Waals surface area (Å²) in [6.45, 7) is 3.82. The SMILES string of the molecule is CC1=C(c2cc(S(=O)(=O)NC3CCCC3)c3ccc(Cl)nc3c2)C(C)NO1. The molecule has 144 valence electrons. The van der Waals surface area contributed by atoms with Gasteiger partial charge in [0.15, 0.2) is 0 Å². The number of nitrogens with one attached hydrogen (secondary N) is 2. The second-order valence-corrected chi connectivity index (χ2v) is 9.26. The number of nitrogens with zero attached hydrogens (tertiary/aromatic N) is 1. The predicted octanol–water partition coefficient (Wildman–Crippen LogP) is 3.76. The number of rotatable bonds is 4. The third-order valence-corrected chi connectivity index (χ3v) is 6.98. The number of allylic oxidation sites excluding steroid dienone is 1. The van der Waals surface area contributed by atoms with E-state index < -0.39 is 10.0 Å². The van der Waals surface area contributed by atoms with Gasteiger partial charge in [-0.15, -0.1) is 5.48 Å². The average Bonchev–Trinajstić information content (AvgIpc) is 3.22. The van der Waals surface area contributed by atoms with Crippen molar-refractivity contribution in [3.05, 3.63) is 40.7 Å². The Balaban J connectivity index is 1.89. The van der Waals surface area contributed by atoms with Crippen molar-refractivity contribution in [2.45, 2.75) is 56.5 Å². The Hall–Kier alpha value is -1.67. The summed E-state index contributed by atoms with van der Waals surface area (Å²) in [7, 11) is -3.69. The lowest BCUT2D eigenvalue weighted by molar-refractivity contribution is 0.122. The topological polar surface area (TPSA) is 80.3 Å². The van der Waals surface area contributed by atoms with Crippen LogP contribution < -0.4 is 10.2 Å². The molecule has 0 bridgehead atoms. The summed E-state index contributed by atoms with van der Waals surface area (Å²) >= 11 is 6.07. The van der Waals surface area contributed by atoms with Gasteiger partial charge in [-0.3, -0.25) is 0 Å². The Morgan fingerprint density at radius 3 is 2.67 bits per heavy atom. The fourth-order valence-corrected chi connectivity index (χ4v) is 5.63. The van der Waals surface area contributed by atoms with E-state index >= 15 is 0 Å². The molecule has 4 rings (SSSR count). The fourth-order valence-electron chi connectivity index (χ4n) is 3.93. The molecule has 1 fully saturated rings. The highest BCUT2D eigenvalue weighted by atomic mass is 35.5. The Labute approximate surface area is 164 Å². The number of hydroxylamine groups is 1. The number of aromatic nitrogens is 1. The van der Waals surface area contributed by atoms with Gasteiger partial charge in [-0.1, -0.05) is 24.4 Å². The number of halogens is 1. The minimum absolute atomic E-state index is 0.00896. The first-order valence-electron chi connectivity index (χ1n) is 9.11. The summed E-state index contributed by atoms with van der Waals surface area (Å²) in [5.41, 5.74) is 5.13. The van der Waals surface area contributed by atoms with Crippen molar-refractivity contribution in [1.29, 1.82) is 0 Å². The first-order valence-corrected chi connectivity index (χ1v) is 11.0. The molecule has 2 aromatic rings. The molecule has 1 atom stereocenters. The normalized spacial score (nSPS) is 21.2. The second kappa shape index (κ2) is 7.05. The van der Waals surface area contributed by atoms with E-state index in [1.54, 1.807) is 18.2 Å². The van der Waals surface area contributed by atoms with Crippen molar-refractivity contribution in [2.75, 3.05) is 0 Å². The van der Waals surface area contributed by atoms with Gasteiger partial charge in [-0.2, -0.15) is 0 Å². The molecule has 27 heavy (non-hydrogen) atoms. The Kier molecular flexibility index (Phi) is 4.88. The van der Waals surface area contributed by atoms with E-state index in [2.05, 4.69) is 15.2 Å². The van der Waals surface area contributed by atoms with Gasteiger partial charge in [0.05, 0.1) is 16.5 Å². The van der Waals surface area contributed by atoms with Crippen LogP contribution in [0.15, 0.2) is 34.9 Å². The van der Waals surface area contributed by atoms with E-state index in [0.717, 1.165) is 42.6 Å². The maximum atomic E-state index is 13.2. The molecule has 1 saturated carbocycles. The van der Waals surface area contributed by atoms with Gasteiger partial charge in [-0.05, 0) is 56.5 Å². The van der Waals surface area contributed by atoms with Crippen LogP contribution >= 0.6 is 11.6 Å². The van der Waals surface area contributed by atoms with E-state index in [0.29, 0.717) is 16.1 Å². The third-order valence-electron chi connectivity index (χ3n) is 5.21. The predicted molar refractivity (Wildman–Crippen MR) is 106 cm³/mol. The Morgan fingerprint density at radius 2 is 2.00 bits per heavy atom. The molecule has 1 aromatic carbocycles. The van der Waals surface area contributed by atoms with Crippen LogP contribution in [0.4, 0.5) is 0 Å². The summed E-state index contributed by atoms with van der Waals surface area (Å²) < 4.78 is 29.2. The number of pyridine rings is 1. The van der Waals surface area contributed by atoms with Crippen molar-refractivity contribution in [1.82, 2.24) is 15.2 Å². The fraction of sp³-hybridized carbons (Fsp3) is 0.421. The van der Waals surface area contributed by atoms with Gasteiger partial charge in [0.1, 0.15) is 10.9 Å². The first-order chi connectivity index (χ1) is 12.8. The highest BCUT2D eigenvalue weighted by Gasteiger charge is 2.28. The Morgan fingerprint density at radius 1 is 1.26 bits per heavy atom. The van der Waals surface area contributed by atoms with E-state index in [9.17, 15) is 8.42 Å². The summed E-state index contributed by atoms with van der Waals surface area (Å²) in [6.07, 6.45) is 3.86. The van der Waals surface area contributed by atoms with Crippen LogP contribution in [-0.2, 0) is 14.9 Å². The van der Waals surface area contributed by atoms with Crippen molar-refractivity contribution in [2.24, 2.45) is 0 Å². The summed E-state index contributed by atoms with van der Waals surface area (Å²) in [5, 5.41) is 0.887. The summed E-state index contributed by atoms with van der Waals surface area (Å²) in [5.74, 6) is 0.718. The molecule has 0 saturated heterocycles. The van der Waals surface area contributed by atoms with Gasteiger partial charge in [-0.25, -0.2) is 18.1 Å². The van der Waals surface area contributed by atoms with Crippen LogP contribution in [-0.4, -0.2) is 25.5 Å². The lowest BCUT2D eigenvalue weighted by Gasteiger charge is -2.16. The van der Waals surface area contributed by atoms with Crippen LogP contribution in [0.3, 0.4) is 0 Å². The zero-order valence-corrected chi connectivity index (χ0v) is 16.8. The molecular weight excluding hydrogens is 386 g/mol. The molecule has 8 heteroatoms. The van der Waals surface area contributed by atoms with E-state index in [-0.39, 0.29) is 17.0 Å². The third kappa shape index (κ3) is 3.57. The van der Waals surface area contributed by atoms with Gasteiger partial charge in [0.25, 0.3) is 0 Å². The largest absolute Gasteiger partial charge is 0.413 e. The maximum Gasteiger partial charge on any atom is 0.241 e. The molecule has 1 aliphatic heterocycles. The van der Waals surface area contributed by atoms with Crippen molar-refractivity contribution in [3.8, 4) is 0 Å². The van der Waals surface area contributed by atoms with Gasteiger partial charge < -0.3 is 4.84 Å². The number of hydrogen-bond acceptors (Lipinski definition) is 5. The molecule has 2 N–H and O–H groups in total. The Bertz CT molecular complexity index is 1030. The molecule has 0 amide bonds. The van der Waals surface area contributed by atoms with Crippen LogP contribution in [0.5, 0.6) is 0 Å². The number of fused-ring (bicyclic) bond motifs is 1. The monoisotopic (exact) mass is 407 g/mol. The van der Waals surface area contributed by atoms with Gasteiger partial charge in [0, 0.05) is 17.0 Å². The standard InChI is InChI=1S/C19H22ClN3O3S/c1-11-19(12(2)26-22-11)13-9-16-15(7-8-18(20)21-16)17(10-13)27(24,25)23-14-5-3-4-6-14/h7-11,14,22-23H,3-6H2,1-2H3. The second-order valence-electron chi connectivity index (χ2n) is 7.19. The van der Waals surface area contributed by atoms with E-state index in [4.69, 9.17) is 16.4 Å². The lowest BCUT2D eigenvalue weighted by atomic mass is 9.98. The summed E-state index contributed by atoms with van der Waals surface area (Å²) in [6, 6.07) is 6.84. The van der Waals surface area contributed by atoms with E-state index in [1.165, 1.54) is 0 Å². The minimum Gasteiger partial charge on any atom is -0.413 e. The van der Waals surface area contributed by atoms with Crippen molar-refractivity contribution < 1.29 is 13.3 Å². The van der Waals surface area contributed by atoms with Crippen LogP contribution in [0.1, 0.15) is 45.1 Å². The van der Waals surface area contributed by atoms with E-state index in [1.807, 2.05) is 19.9 Å². The molecular formula is C19H22ClN3O3S. The maximum absolute atomic E-state index is 13.2. The van der Waals surface area contributed by atoms with Crippen LogP contribution in [0.2, 0.25) is 5.15 Å². The van der Waals surface area contributed by atoms with Gasteiger partial charge in [0.2, 0.25) is 10.0 Å². The zero-order chi connectivity index (χ0) is 19.2. The molecule has 2 heterocycles. The molecule has 1 aliphatic carbocycles. The highest BCUT2D eigenvalue weighted by Crippen LogP contribution is 2.34. The van der Waals surface area contributed by atoms with Crippen molar-refractivity contribution in [3.63, 3.8) is 0 Å². The molecule has 2 aliphatic rings. The van der Waals surface area contributed by atoms with Crippen molar-refractivity contribution >= 4 is 38.1 Å². The molecule has 0 radical (unpaired) electrons. The molecule has 0 spiro atoms. The number of sulfonamides is 1. The average molecular weight is 408 g/mol. The van der Waals surface area contributed by atoms with Gasteiger partial charge >= 0.3 is 0 Å². The number of benzene rings is 1. The molecule has 1 unspecified atom stereocenters. The first kappa shape index (κ1) is 18.7. The van der Waals surface area contributed by atoms with Crippen LogP contribution in [0.25, 0.3) is 16.5 Å². The molecule has 6 nitrogen and oxygen atoms in total.